The highest BCUT2D eigenvalue weighted by molar-refractivity contribution is 6.31. The van der Waals surface area contributed by atoms with Crippen LogP contribution in [0.1, 0.15) is 53.0 Å². The first-order valence-corrected chi connectivity index (χ1v) is 7.68. The number of halogens is 1. The second kappa shape index (κ2) is 7.84. The van der Waals surface area contributed by atoms with Crippen molar-refractivity contribution in [3.05, 3.63) is 22.8 Å². The summed E-state index contributed by atoms with van der Waals surface area (Å²) >= 11 is 6.17. The predicted octanol–water partition coefficient (Wildman–Crippen LogP) is 4.44. The van der Waals surface area contributed by atoms with Gasteiger partial charge in [0.25, 0.3) is 0 Å². The molecule has 0 aliphatic rings. The van der Waals surface area contributed by atoms with E-state index in [1.54, 1.807) is 6.20 Å². The summed E-state index contributed by atoms with van der Waals surface area (Å²) in [5, 5.41) is 4.10. The van der Waals surface area contributed by atoms with Gasteiger partial charge in [-0.15, -0.1) is 0 Å². The van der Waals surface area contributed by atoms with Gasteiger partial charge in [-0.1, -0.05) is 25.4 Å². The molecule has 1 aromatic rings. The lowest BCUT2D eigenvalue weighted by Crippen LogP contribution is -2.35. The van der Waals surface area contributed by atoms with Crippen LogP contribution < -0.4 is 10.1 Å². The molecule has 114 valence electrons. The van der Waals surface area contributed by atoms with Gasteiger partial charge in [-0.25, -0.2) is 4.98 Å². The summed E-state index contributed by atoms with van der Waals surface area (Å²) in [6, 6.07) is 1.93. The predicted molar refractivity (Wildman–Crippen MR) is 85.4 cm³/mol. The summed E-state index contributed by atoms with van der Waals surface area (Å²) in [6.07, 6.45) is 3.89. The highest BCUT2D eigenvalue weighted by atomic mass is 35.5. The Morgan fingerprint density at radius 2 is 2.05 bits per heavy atom. The van der Waals surface area contributed by atoms with E-state index >= 15 is 0 Å². The van der Waals surface area contributed by atoms with Crippen LogP contribution in [-0.2, 0) is 6.54 Å². The minimum Gasteiger partial charge on any atom is -0.478 e. The van der Waals surface area contributed by atoms with Crippen molar-refractivity contribution in [3.8, 4) is 5.88 Å². The SMILES string of the molecule is CC(C)CCCOc1cc(CNC(C)(C)C)c(Cl)cn1. The monoisotopic (exact) mass is 298 g/mol. The number of ether oxygens (including phenoxy) is 1. The Labute approximate surface area is 128 Å². The van der Waals surface area contributed by atoms with Gasteiger partial charge < -0.3 is 10.1 Å². The van der Waals surface area contributed by atoms with Gasteiger partial charge in [-0.2, -0.15) is 0 Å². The average molecular weight is 299 g/mol. The zero-order chi connectivity index (χ0) is 15.2. The lowest BCUT2D eigenvalue weighted by molar-refractivity contribution is 0.286. The maximum Gasteiger partial charge on any atom is 0.213 e. The normalized spacial score (nSPS) is 11.9. The largest absolute Gasteiger partial charge is 0.478 e. The zero-order valence-corrected chi connectivity index (χ0v) is 14.0. The van der Waals surface area contributed by atoms with Crippen LogP contribution >= 0.6 is 11.6 Å². The molecule has 0 radical (unpaired) electrons. The van der Waals surface area contributed by atoms with Crippen LogP contribution in [0.25, 0.3) is 0 Å². The Morgan fingerprint density at radius 3 is 2.65 bits per heavy atom. The van der Waals surface area contributed by atoms with Crippen LogP contribution in [0.2, 0.25) is 5.02 Å². The van der Waals surface area contributed by atoms with E-state index in [1.807, 2.05) is 6.07 Å². The first-order chi connectivity index (χ1) is 9.28. The molecule has 1 rings (SSSR count). The van der Waals surface area contributed by atoms with E-state index in [0.717, 1.165) is 12.0 Å². The second-order valence-corrected chi connectivity index (χ2v) is 7.01. The molecule has 1 N–H and O–H groups in total. The van der Waals surface area contributed by atoms with Crippen molar-refractivity contribution in [2.24, 2.45) is 5.92 Å². The van der Waals surface area contributed by atoms with E-state index in [2.05, 4.69) is 44.9 Å². The molecule has 0 saturated heterocycles. The molecule has 0 aliphatic heterocycles. The van der Waals surface area contributed by atoms with E-state index in [9.17, 15) is 0 Å². The van der Waals surface area contributed by atoms with Crippen molar-refractivity contribution in [1.29, 1.82) is 0 Å². The van der Waals surface area contributed by atoms with Gasteiger partial charge >= 0.3 is 0 Å². The molecule has 0 aromatic carbocycles. The minimum atomic E-state index is 0.0604. The van der Waals surface area contributed by atoms with Crippen LogP contribution in [0.15, 0.2) is 12.3 Å². The summed E-state index contributed by atoms with van der Waals surface area (Å²) in [5.41, 5.74) is 1.08. The number of rotatable bonds is 7. The summed E-state index contributed by atoms with van der Waals surface area (Å²) < 4.78 is 5.69. The van der Waals surface area contributed by atoms with Gasteiger partial charge in [0.15, 0.2) is 0 Å². The maximum absolute atomic E-state index is 6.17. The quantitative estimate of drug-likeness (QED) is 0.756. The molecule has 0 amide bonds. The smallest absolute Gasteiger partial charge is 0.213 e. The highest BCUT2D eigenvalue weighted by Gasteiger charge is 2.11. The molecule has 1 aromatic heterocycles. The number of hydrogen-bond acceptors (Lipinski definition) is 3. The summed E-state index contributed by atoms with van der Waals surface area (Å²) in [4.78, 5) is 4.22. The number of nitrogens with zero attached hydrogens (tertiary/aromatic N) is 1. The van der Waals surface area contributed by atoms with Gasteiger partial charge in [0.05, 0.1) is 11.6 Å². The van der Waals surface area contributed by atoms with Gasteiger partial charge in [-0.05, 0) is 45.1 Å². The summed E-state index contributed by atoms with van der Waals surface area (Å²) in [7, 11) is 0. The van der Waals surface area contributed by atoms with Crippen molar-refractivity contribution in [2.75, 3.05) is 6.61 Å². The Kier molecular flexibility index (Phi) is 6.77. The third-order valence-corrected chi connectivity index (χ3v) is 3.23. The average Bonchev–Trinajstić information content (AvgIpc) is 2.33. The van der Waals surface area contributed by atoms with Crippen LogP contribution in [0.3, 0.4) is 0 Å². The van der Waals surface area contributed by atoms with Crippen LogP contribution in [-0.4, -0.2) is 17.1 Å². The molecule has 3 nitrogen and oxygen atoms in total. The molecule has 0 unspecified atom stereocenters. The van der Waals surface area contributed by atoms with Crippen LogP contribution in [0, 0.1) is 5.92 Å². The standard InChI is InChI=1S/C16H27ClN2O/c1-12(2)7-6-8-20-15-9-13(14(17)11-18-15)10-19-16(3,4)5/h9,11-12,19H,6-8,10H2,1-5H3. The molecule has 0 bridgehead atoms. The molecular formula is C16H27ClN2O. The molecule has 0 atom stereocenters. The van der Waals surface area contributed by atoms with Crippen molar-refractivity contribution in [2.45, 2.75) is 59.5 Å². The van der Waals surface area contributed by atoms with Crippen molar-refractivity contribution < 1.29 is 4.74 Å². The number of nitrogens with one attached hydrogen (secondary N) is 1. The fourth-order valence-corrected chi connectivity index (χ4v) is 1.87. The first-order valence-electron chi connectivity index (χ1n) is 7.30. The molecule has 4 heteroatoms. The lowest BCUT2D eigenvalue weighted by atomic mass is 10.1. The van der Waals surface area contributed by atoms with E-state index in [1.165, 1.54) is 6.42 Å². The molecule has 1 heterocycles. The minimum absolute atomic E-state index is 0.0604. The Balaban J connectivity index is 2.53. The molecule has 0 spiro atoms. The Morgan fingerprint density at radius 1 is 1.35 bits per heavy atom. The lowest BCUT2D eigenvalue weighted by Gasteiger charge is -2.21. The molecule has 0 aliphatic carbocycles. The van der Waals surface area contributed by atoms with Gasteiger partial charge in [0.1, 0.15) is 0 Å². The van der Waals surface area contributed by atoms with E-state index in [4.69, 9.17) is 16.3 Å². The first kappa shape index (κ1) is 17.3. The van der Waals surface area contributed by atoms with Gasteiger partial charge in [0, 0.05) is 24.3 Å². The molecular weight excluding hydrogens is 272 g/mol. The topological polar surface area (TPSA) is 34.1 Å². The summed E-state index contributed by atoms with van der Waals surface area (Å²) in [5.74, 6) is 1.37. The highest BCUT2D eigenvalue weighted by Crippen LogP contribution is 2.20. The van der Waals surface area contributed by atoms with Crippen LogP contribution in [0.4, 0.5) is 0 Å². The van der Waals surface area contributed by atoms with Crippen molar-refractivity contribution in [1.82, 2.24) is 10.3 Å². The molecule has 20 heavy (non-hydrogen) atoms. The van der Waals surface area contributed by atoms with Crippen LogP contribution in [0.5, 0.6) is 5.88 Å². The number of hydrogen-bond donors (Lipinski definition) is 1. The summed E-state index contributed by atoms with van der Waals surface area (Å²) in [6.45, 7) is 12.3. The third kappa shape index (κ3) is 7.11. The molecule has 0 fully saturated rings. The van der Waals surface area contributed by atoms with E-state index < -0.39 is 0 Å². The molecule has 0 saturated carbocycles. The van der Waals surface area contributed by atoms with E-state index in [-0.39, 0.29) is 5.54 Å². The number of aromatic nitrogens is 1. The van der Waals surface area contributed by atoms with Gasteiger partial charge in [-0.3, -0.25) is 0 Å². The maximum atomic E-state index is 6.17. The van der Waals surface area contributed by atoms with Gasteiger partial charge in [0.2, 0.25) is 5.88 Å². The Bertz CT molecular complexity index is 413. The Hall–Kier alpha value is -0.800. The fraction of sp³-hybridized carbons (Fsp3) is 0.688. The van der Waals surface area contributed by atoms with Crippen molar-refractivity contribution >= 4 is 11.6 Å². The fourth-order valence-electron chi connectivity index (χ4n) is 1.70. The zero-order valence-electron chi connectivity index (χ0n) is 13.3. The third-order valence-electron chi connectivity index (χ3n) is 2.89. The second-order valence-electron chi connectivity index (χ2n) is 6.60. The number of pyridine rings is 1. The van der Waals surface area contributed by atoms with Crippen molar-refractivity contribution in [3.63, 3.8) is 0 Å². The van der Waals surface area contributed by atoms with E-state index in [0.29, 0.717) is 30.0 Å².